The summed E-state index contributed by atoms with van der Waals surface area (Å²) in [6, 6.07) is 0. The zero-order valence-electron chi connectivity index (χ0n) is 6.50. The molecule has 0 radical (unpaired) electrons. The maximum absolute atomic E-state index is 10.9. The van der Waals surface area contributed by atoms with Crippen molar-refractivity contribution < 1.29 is 4.79 Å². The van der Waals surface area contributed by atoms with E-state index in [9.17, 15) is 9.59 Å². The van der Waals surface area contributed by atoms with E-state index < -0.39 is 5.91 Å². The fourth-order valence-corrected chi connectivity index (χ4v) is 1.11. The number of hydrogen-bond donors (Lipinski definition) is 3. The molecule has 0 unspecified atom stereocenters. The minimum Gasteiger partial charge on any atom is -0.365 e. The summed E-state index contributed by atoms with van der Waals surface area (Å²) in [4.78, 5) is 30.7. The van der Waals surface area contributed by atoms with Crippen molar-refractivity contribution in [1.29, 1.82) is 0 Å². The molecular formula is C7H6N4O2. The first-order chi connectivity index (χ1) is 6.18. The average molecular weight is 178 g/mol. The van der Waals surface area contributed by atoms with Crippen molar-refractivity contribution in [3.05, 3.63) is 28.3 Å². The highest BCUT2D eigenvalue weighted by Gasteiger charge is 2.09. The summed E-state index contributed by atoms with van der Waals surface area (Å²) in [6.07, 6.45) is 2.54. The predicted octanol–water partition coefficient (Wildman–Crippen LogP) is -0.650. The summed E-state index contributed by atoms with van der Waals surface area (Å²) in [5, 5.41) is 0. The lowest BCUT2D eigenvalue weighted by molar-refractivity contribution is 0.100. The monoisotopic (exact) mass is 178 g/mol. The standard InChI is InChI=1S/C7H6N4O2/c8-6(13)3-1-9-7-5(3)11-4(12)2-10-7/h1-2H,(H2,8,13)(H,9,10)(H,11,12). The second kappa shape index (κ2) is 2.44. The van der Waals surface area contributed by atoms with Crippen LogP contribution in [0, 0.1) is 0 Å². The summed E-state index contributed by atoms with van der Waals surface area (Å²) < 4.78 is 0. The number of aromatic nitrogens is 3. The van der Waals surface area contributed by atoms with Gasteiger partial charge in [-0.05, 0) is 0 Å². The topological polar surface area (TPSA) is 105 Å². The highest BCUT2D eigenvalue weighted by molar-refractivity contribution is 6.03. The minimum absolute atomic E-state index is 0.236. The first kappa shape index (κ1) is 7.53. The Bertz CT molecular complexity index is 525. The van der Waals surface area contributed by atoms with Crippen LogP contribution in [-0.4, -0.2) is 20.9 Å². The Kier molecular flexibility index (Phi) is 1.42. The Morgan fingerprint density at radius 1 is 1.54 bits per heavy atom. The Labute approximate surface area is 71.8 Å². The number of fused-ring (bicyclic) bond motifs is 1. The number of hydrogen-bond acceptors (Lipinski definition) is 3. The summed E-state index contributed by atoms with van der Waals surface area (Å²) >= 11 is 0. The molecule has 0 aromatic carbocycles. The quantitative estimate of drug-likeness (QED) is 0.540. The van der Waals surface area contributed by atoms with Crippen LogP contribution in [0.4, 0.5) is 0 Å². The number of aromatic amines is 2. The molecule has 6 nitrogen and oxygen atoms in total. The molecule has 2 heterocycles. The van der Waals surface area contributed by atoms with Crippen LogP contribution in [0.3, 0.4) is 0 Å². The first-order valence-electron chi connectivity index (χ1n) is 3.54. The fourth-order valence-electron chi connectivity index (χ4n) is 1.11. The van der Waals surface area contributed by atoms with E-state index in [2.05, 4.69) is 15.0 Å². The van der Waals surface area contributed by atoms with Gasteiger partial charge >= 0.3 is 0 Å². The zero-order chi connectivity index (χ0) is 9.42. The van der Waals surface area contributed by atoms with E-state index in [1.165, 1.54) is 6.20 Å². The molecule has 0 spiro atoms. The molecule has 2 aromatic heterocycles. The lowest BCUT2D eigenvalue weighted by atomic mass is 10.3. The number of carbonyl (C=O) groups excluding carboxylic acids is 1. The van der Waals surface area contributed by atoms with Gasteiger partial charge in [0.25, 0.3) is 11.5 Å². The number of nitrogens with zero attached hydrogens (tertiary/aromatic N) is 1. The van der Waals surface area contributed by atoms with E-state index in [0.717, 1.165) is 6.20 Å². The number of nitrogens with two attached hydrogens (primary N) is 1. The van der Waals surface area contributed by atoms with Gasteiger partial charge in [0.1, 0.15) is 0 Å². The molecule has 2 rings (SSSR count). The van der Waals surface area contributed by atoms with Crippen molar-refractivity contribution in [2.75, 3.05) is 0 Å². The van der Waals surface area contributed by atoms with Gasteiger partial charge < -0.3 is 15.7 Å². The summed E-state index contributed by atoms with van der Waals surface area (Å²) in [5.41, 5.74) is 5.72. The van der Waals surface area contributed by atoms with E-state index in [-0.39, 0.29) is 11.1 Å². The molecule has 0 aliphatic heterocycles. The van der Waals surface area contributed by atoms with Crippen molar-refractivity contribution in [2.45, 2.75) is 0 Å². The van der Waals surface area contributed by atoms with Gasteiger partial charge in [0.15, 0.2) is 5.65 Å². The third-order valence-electron chi connectivity index (χ3n) is 1.68. The molecule has 0 bridgehead atoms. The maximum atomic E-state index is 10.9. The number of primary amides is 1. The van der Waals surface area contributed by atoms with Crippen molar-refractivity contribution in [3.63, 3.8) is 0 Å². The predicted molar refractivity (Wildman–Crippen MR) is 45.2 cm³/mol. The number of rotatable bonds is 1. The van der Waals surface area contributed by atoms with E-state index in [4.69, 9.17) is 5.73 Å². The Balaban J connectivity index is 2.86. The maximum Gasteiger partial charge on any atom is 0.267 e. The van der Waals surface area contributed by atoms with Crippen LogP contribution < -0.4 is 11.3 Å². The SMILES string of the molecule is NC(=O)c1c[nH]c2ncc(=O)[nH]c12. The van der Waals surface area contributed by atoms with Crippen LogP contribution in [0.25, 0.3) is 11.2 Å². The van der Waals surface area contributed by atoms with Crippen LogP contribution in [0.2, 0.25) is 0 Å². The molecule has 2 aromatic rings. The molecule has 0 saturated carbocycles. The van der Waals surface area contributed by atoms with E-state index in [1.807, 2.05) is 0 Å². The normalized spacial score (nSPS) is 10.5. The molecule has 4 N–H and O–H groups in total. The van der Waals surface area contributed by atoms with Crippen molar-refractivity contribution in [2.24, 2.45) is 5.73 Å². The molecule has 0 aliphatic rings. The lowest BCUT2D eigenvalue weighted by Gasteiger charge is -1.90. The minimum atomic E-state index is -0.602. The van der Waals surface area contributed by atoms with Gasteiger partial charge in [-0.1, -0.05) is 0 Å². The summed E-state index contributed by atoms with van der Waals surface area (Å²) in [6.45, 7) is 0. The molecular weight excluding hydrogens is 172 g/mol. The van der Waals surface area contributed by atoms with Crippen molar-refractivity contribution >= 4 is 17.1 Å². The summed E-state index contributed by atoms with van der Waals surface area (Å²) in [7, 11) is 0. The fraction of sp³-hybridized carbons (Fsp3) is 0. The number of amides is 1. The number of nitrogens with one attached hydrogen (secondary N) is 2. The van der Waals surface area contributed by atoms with Gasteiger partial charge in [0, 0.05) is 6.20 Å². The van der Waals surface area contributed by atoms with Crippen LogP contribution in [0.5, 0.6) is 0 Å². The van der Waals surface area contributed by atoms with Gasteiger partial charge in [-0.15, -0.1) is 0 Å². The van der Waals surface area contributed by atoms with E-state index in [1.54, 1.807) is 0 Å². The second-order valence-electron chi connectivity index (χ2n) is 2.54. The number of H-pyrrole nitrogens is 2. The van der Waals surface area contributed by atoms with Gasteiger partial charge in [-0.2, -0.15) is 0 Å². The second-order valence-corrected chi connectivity index (χ2v) is 2.54. The average Bonchev–Trinajstić information content (AvgIpc) is 2.46. The zero-order valence-corrected chi connectivity index (χ0v) is 6.50. The molecule has 66 valence electrons. The Hall–Kier alpha value is -2.11. The molecule has 0 saturated heterocycles. The highest BCUT2D eigenvalue weighted by atomic mass is 16.1. The van der Waals surface area contributed by atoms with Crippen LogP contribution >= 0.6 is 0 Å². The number of carbonyl (C=O) groups is 1. The third kappa shape index (κ3) is 1.08. The Morgan fingerprint density at radius 3 is 3.00 bits per heavy atom. The highest BCUT2D eigenvalue weighted by Crippen LogP contribution is 2.09. The molecule has 0 atom stereocenters. The molecule has 1 amide bonds. The van der Waals surface area contributed by atoms with Crippen LogP contribution in [0.15, 0.2) is 17.2 Å². The third-order valence-corrected chi connectivity index (χ3v) is 1.68. The molecule has 0 fully saturated rings. The molecule has 0 aliphatic carbocycles. The molecule has 13 heavy (non-hydrogen) atoms. The van der Waals surface area contributed by atoms with Gasteiger partial charge in [-0.25, -0.2) is 4.98 Å². The largest absolute Gasteiger partial charge is 0.365 e. The van der Waals surface area contributed by atoms with Crippen LogP contribution in [0.1, 0.15) is 10.4 Å². The Morgan fingerprint density at radius 2 is 2.31 bits per heavy atom. The van der Waals surface area contributed by atoms with Crippen molar-refractivity contribution in [3.8, 4) is 0 Å². The first-order valence-corrected chi connectivity index (χ1v) is 3.54. The molecule has 6 heteroatoms. The lowest BCUT2D eigenvalue weighted by Crippen LogP contribution is -2.12. The van der Waals surface area contributed by atoms with Crippen molar-refractivity contribution in [1.82, 2.24) is 15.0 Å². The summed E-state index contributed by atoms with van der Waals surface area (Å²) in [5.74, 6) is -0.602. The smallest absolute Gasteiger partial charge is 0.267 e. The van der Waals surface area contributed by atoms with Crippen LogP contribution in [-0.2, 0) is 0 Å². The van der Waals surface area contributed by atoms with E-state index in [0.29, 0.717) is 11.2 Å². The van der Waals surface area contributed by atoms with E-state index >= 15 is 0 Å². The van der Waals surface area contributed by atoms with Gasteiger partial charge in [0.05, 0.1) is 17.3 Å². The van der Waals surface area contributed by atoms with Gasteiger partial charge in [0.2, 0.25) is 0 Å². The van der Waals surface area contributed by atoms with Gasteiger partial charge in [-0.3, -0.25) is 9.59 Å².